The van der Waals surface area contributed by atoms with E-state index in [1.165, 1.54) is 25.0 Å². The van der Waals surface area contributed by atoms with E-state index in [1.54, 1.807) is 0 Å². The lowest BCUT2D eigenvalue weighted by atomic mass is 9.83. The molecular formula is C23H21F7N4O3. The zero-order valence-electron chi connectivity index (χ0n) is 19.4. The first kappa shape index (κ1) is 26.5. The molecule has 1 aromatic carbocycles. The van der Waals surface area contributed by atoms with Gasteiger partial charge in [-0.1, -0.05) is 5.57 Å². The predicted octanol–water partition coefficient (Wildman–Crippen LogP) is 4.47. The van der Waals surface area contributed by atoms with Gasteiger partial charge in [-0.15, -0.1) is 5.10 Å². The van der Waals surface area contributed by atoms with Crippen molar-refractivity contribution in [3.05, 3.63) is 53.0 Å². The number of ether oxygens (including phenoxy) is 1. The molecule has 200 valence electrons. The van der Waals surface area contributed by atoms with Crippen LogP contribution < -0.4 is 15.4 Å². The molecule has 14 heteroatoms. The number of fused-ring (bicyclic) bond motifs is 2. The second-order valence-electron chi connectivity index (χ2n) is 8.91. The Labute approximate surface area is 205 Å². The molecule has 4 atom stereocenters. The lowest BCUT2D eigenvalue weighted by molar-refractivity contribution is -0.140. The summed E-state index contributed by atoms with van der Waals surface area (Å²) in [4.78, 5) is 26.2. The third-order valence-corrected chi connectivity index (χ3v) is 6.60. The molecule has 2 unspecified atom stereocenters. The summed E-state index contributed by atoms with van der Waals surface area (Å²) >= 11 is 0. The Bertz CT molecular complexity index is 1250. The summed E-state index contributed by atoms with van der Waals surface area (Å²) < 4.78 is 99.1. The minimum Gasteiger partial charge on any atom is -0.479 e. The molecule has 7 nitrogen and oxygen atoms in total. The number of methoxy groups -OCH3 is 1. The fourth-order valence-corrected chi connectivity index (χ4v) is 5.23. The van der Waals surface area contributed by atoms with Gasteiger partial charge in [0.25, 0.3) is 5.91 Å². The molecule has 0 radical (unpaired) electrons. The van der Waals surface area contributed by atoms with Crippen LogP contribution in [0.2, 0.25) is 0 Å². The maximum absolute atomic E-state index is 13.7. The topological polar surface area (TPSA) is 85.2 Å². The summed E-state index contributed by atoms with van der Waals surface area (Å²) in [6.45, 7) is 0. The number of allylic oxidation sites excluding steroid dienone is 1. The Morgan fingerprint density at radius 3 is 2.43 bits per heavy atom. The molecule has 1 aromatic heterocycles. The maximum atomic E-state index is 13.7. The Morgan fingerprint density at radius 2 is 1.81 bits per heavy atom. The van der Waals surface area contributed by atoms with Gasteiger partial charge in [-0.2, -0.15) is 26.3 Å². The Balaban J connectivity index is 1.66. The van der Waals surface area contributed by atoms with Gasteiger partial charge < -0.3 is 15.4 Å². The number of alkyl halides is 6. The maximum Gasteiger partial charge on any atom is 0.419 e. The quantitative estimate of drug-likeness (QED) is 0.438. The number of aromatic nitrogens is 2. The van der Waals surface area contributed by atoms with Crippen LogP contribution in [0.1, 0.15) is 28.8 Å². The molecule has 0 aliphatic heterocycles. The van der Waals surface area contributed by atoms with Crippen LogP contribution in [0.3, 0.4) is 0 Å². The van der Waals surface area contributed by atoms with Crippen molar-refractivity contribution in [2.75, 3.05) is 12.4 Å². The smallest absolute Gasteiger partial charge is 0.419 e. The van der Waals surface area contributed by atoms with Crippen molar-refractivity contribution >= 4 is 17.5 Å². The first-order valence-corrected chi connectivity index (χ1v) is 11.0. The number of anilines is 1. The highest BCUT2D eigenvalue weighted by Crippen LogP contribution is 2.54. The van der Waals surface area contributed by atoms with E-state index in [-0.39, 0.29) is 41.6 Å². The highest BCUT2D eigenvalue weighted by molar-refractivity contribution is 5.98. The number of nitrogens with zero attached hydrogens (tertiary/aromatic N) is 2. The summed E-state index contributed by atoms with van der Waals surface area (Å²) in [5.74, 6) is -6.18. The Morgan fingerprint density at radius 1 is 1.14 bits per heavy atom. The fourth-order valence-electron chi connectivity index (χ4n) is 5.23. The van der Waals surface area contributed by atoms with E-state index in [4.69, 9.17) is 4.74 Å². The van der Waals surface area contributed by atoms with Crippen LogP contribution in [-0.2, 0) is 18.0 Å². The first-order valence-electron chi connectivity index (χ1n) is 11.0. The minimum atomic E-state index is -5.03. The Hall–Kier alpha value is -3.58. The average Bonchev–Trinajstić information content (AvgIpc) is 3.43. The normalized spacial score (nSPS) is 24.4. The lowest BCUT2D eigenvalue weighted by Crippen LogP contribution is -2.48. The van der Waals surface area contributed by atoms with Crippen LogP contribution in [0.15, 0.2) is 36.0 Å². The van der Waals surface area contributed by atoms with E-state index >= 15 is 0 Å². The zero-order chi connectivity index (χ0) is 27.3. The van der Waals surface area contributed by atoms with Gasteiger partial charge in [0.1, 0.15) is 11.4 Å². The van der Waals surface area contributed by atoms with Gasteiger partial charge in [0.2, 0.25) is 11.8 Å². The minimum absolute atomic E-state index is 0.0124. The van der Waals surface area contributed by atoms with Crippen molar-refractivity contribution < 1.29 is 45.1 Å². The molecule has 0 spiro atoms. The largest absolute Gasteiger partial charge is 0.479 e. The fraction of sp³-hybridized carbons (Fsp3) is 0.435. The summed E-state index contributed by atoms with van der Waals surface area (Å²) in [6.07, 6.45) is -7.78. The average molecular weight is 534 g/mol. The second kappa shape index (κ2) is 9.38. The van der Waals surface area contributed by atoms with Crippen LogP contribution >= 0.6 is 0 Å². The molecule has 4 rings (SSSR count). The summed E-state index contributed by atoms with van der Waals surface area (Å²) in [6, 6.07) is 0.756. The van der Waals surface area contributed by atoms with Gasteiger partial charge in [-0.05, 0) is 37.0 Å². The molecule has 2 fully saturated rings. The molecule has 2 aliphatic rings. The number of hydrogen-bond acceptors (Lipinski definition) is 4. The first-order chi connectivity index (χ1) is 17.2. The van der Waals surface area contributed by atoms with E-state index in [2.05, 4.69) is 15.7 Å². The van der Waals surface area contributed by atoms with Crippen molar-refractivity contribution in [1.82, 2.24) is 15.1 Å². The van der Waals surface area contributed by atoms with Gasteiger partial charge in [-0.25, -0.2) is 4.39 Å². The lowest BCUT2D eigenvalue weighted by Gasteiger charge is -2.30. The molecule has 2 aliphatic carbocycles. The molecule has 37 heavy (non-hydrogen) atoms. The SMILES string of the molecule is COc1nn(C)cc1C(=O)N[C@@H]1C2CCC(/C2=C/C(F)(F)F)[C@@H]1C(=O)Nc1ccc(F)c(C(F)(F)F)c1. The number of nitrogens with one attached hydrogen (secondary N) is 2. The number of carbonyl (C=O) groups excluding carboxylic acids is 2. The number of carbonyl (C=O) groups is 2. The van der Waals surface area contributed by atoms with Crippen LogP contribution in [0.5, 0.6) is 5.88 Å². The van der Waals surface area contributed by atoms with Crippen LogP contribution in [-0.4, -0.2) is 40.9 Å². The third kappa shape index (κ3) is 5.27. The molecule has 1 heterocycles. The number of amides is 2. The van der Waals surface area contributed by atoms with Gasteiger partial charge in [0.05, 0.1) is 18.6 Å². The summed E-state index contributed by atoms with van der Waals surface area (Å²) in [5, 5.41) is 8.82. The Kier molecular flexibility index (Phi) is 6.71. The van der Waals surface area contributed by atoms with Crippen molar-refractivity contribution in [2.24, 2.45) is 24.8 Å². The van der Waals surface area contributed by atoms with E-state index in [1.807, 2.05) is 0 Å². The number of aryl methyl sites for hydroxylation is 1. The highest BCUT2D eigenvalue weighted by atomic mass is 19.4. The van der Waals surface area contributed by atoms with Crippen molar-refractivity contribution in [1.29, 1.82) is 0 Å². The molecule has 2 bridgehead atoms. The van der Waals surface area contributed by atoms with E-state index in [0.29, 0.717) is 12.1 Å². The molecule has 0 saturated heterocycles. The third-order valence-electron chi connectivity index (χ3n) is 6.60. The standard InChI is InChI=1S/C23H21F7N4O3/c1-34-9-14(21(33-34)37-2)19(35)32-18-12-5-4-11(13(12)8-22(25,26)27)17(18)20(36)31-10-3-6-16(24)15(7-10)23(28,29)30/h3,6-9,11-12,17-18H,4-5H2,1-2H3,(H,31,36)(H,32,35)/b13-8-/t11?,12?,17-,18+/m0/s1. The number of benzene rings is 1. The summed E-state index contributed by atoms with van der Waals surface area (Å²) in [5.41, 5.74) is -2.07. The van der Waals surface area contributed by atoms with Gasteiger partial charge >= 0.3 is 12.4 Å². The van der Waals surface area contributed by atoms with Crippen molar-refractivity contribution in [2.45, 2.75) is 31.2 Å². The number of hydrogen-bond donors (Lipinski definition) is 2. The van der Waals surface area contributed by atoms with Crippen LogP contribution in [0, 0.1) is 23.6 Å². The van der Waals surface area contributed by atoms with E-state index < -0.39 is 59.3 Å². The van der Waals surface area contributed by atoms with Crippen molar-refractivity contribution in [3.63, 3.8) is 0 Å². The van der Waals surface area contributed by atoms with Crippen LogP contribution in [0.25, 0.3) is 0 Å². The monoisotopic (exact) mass is 534 g/mol. The molecule has 2 N–H and O–H groups in total. The highest BCUT2D eigenvalue weighted by Gasteiger charge is 2.55. The predicted molar refractivity (Wildman–Crippen MR) is 115 cm³/mol. The van der Waals surface area contributed by atoms with E-state index in [9.17, 15) is 40.3 Å². The summed E-state index contributed by atoms with van der Waals surface area (Å²) in [7, 11) is 2.80. The van der Waals surface area contributed by atoms with Crippen LogP contribution in [0.4, 0.5) is 36.4 Å². The molecule has 2 aromatic rings. The molecular weight excluding hydrogens is 513 g/mol. The van der Waals surface area contributed by atoms with Crippen molar-refractivity contribution in [3.8, 4) is 5.88 Å². The second-order valence-corrected chi connectivity index (χ2v) is 8.91. The molecule has 2 amide bonds. The zero-order valence-corrected chi connectivity index (χ0v) is 19.4. The van der Waals surface area contributed by atoms with Gasteiger partial charge in [0, 0.05) is 37.0 Å². The van der Waals surface area contributed by atoms with Gasteiger partial charge in [-0.3, -0.25) is 14.3 Å². The number of rotatable bonds is 5. The van der Waals surface area contributed by atoms with E-state index in [0.717, 1.165) is 6.07 Å². The number of halogens is 7. The van der Waals surface area contributed by atoms with Gasteiger partial charge in [0.15, 0.2) is 0 Å². The molecule has 2 saturated carbocycles.